The quantitative estimate of drug-likeness (QED) is 0.841. The number of thiazole rings is 1. The number of hydrogen-bond donors (Lipinski definition) is 2. The molecule has 5 nitrogen and oxygen atoms in total. The maximum absolute atomic E-state index is 13.6. The third-order valence-electron chi connectivity index (χ3n) is 2.33. The molecule has 0 fully saturated rings. The van der Waals surface area contributed by atoms with Crippen LogP contribution in [0.15, 0.2) is 28.5 Å². The lowest BCUT2D eigenvalue weighted by molar-refractivity contribution is 0.557. The van der Waals surface area contributed by atoms with Gasteiger partial charge in [0.15, 0.2) is 0 Å². The van der Waals surface area contributed by atoms with Crippen LogP contribution in [-0.2, 0) is 16.6 Å². The van der Waals surface area contributed by atoms with E-state index in [0.717, 1.165) is 17.8 Å². The summed E-state index contributed by atoms with van der Waals surface area (Å²) in [6, 6.07) is 3.45. The van der Waals surface area contributed by atoms with E-state index in [-0.39, 0.29) is 12.2 Å². The zero-order valence-electron chi connectivity index (χ0n) is 10.1. The molecule has 0 aliphatic carbocycles. The Kier molecular flexibility index (Phi) is 3.83. The van der Waals surface area contributed by atoms with Crippen LogP contribution in [0.1, 0.15) is 10.7 Å². The minimum Gasteiger partial charge on any atom is -0.399 e. The first-order chi connectivity index (χ1) is 8.88. The molecule has 0 saturated heterocycles. The summed E-state index contributed by atoms with van der Waals surface area (Å²) < 4.78 is 39.7. The first kappa shape index (κ1) is 13.9. The van der Waals surface area contributed by atoms with Gasteiger partial charge >= 0.3 is 0 Å². The smallest absolute Gasteiger partial charge is 0.243 e. The van der Waals surface area contributed by atoms with Crippen molar-refractivity contribution in [3.8, 4) is 0 Å². The lowest BCUT2D eigenvalue weighted by atomic mass is 10.3. The second-order valence-electron chi connectivity index (χ2n) is 3.90. The Labute approximate surface area is 114 Å². The molecular formula is C11H12FN3O2S2. The van der Waals surface area contributed by atoms with Crippen molar-refractivity contribution in [2.24, 2.45) is 0 Å². The van der Waals surface area contributed by atoms with E-state index >= 15 is 0 Å². The van der Waals surface area contributed by atoms with E-state index in [0.29, 0.717) is 5.01 Å². The number of hydrogen-bond acceptors (Lipinski definition) is 5. The second kappa shape index (κ2) is 5.24. The molecule has 1 aromatic carbocycles. The predicted octanol–water partition coefficient (Wildman–Crippen LogP) is 1.65. The van der Waals surface area contributed by atoms with Crippen LogP contribution in [0.2, 0.25) is 0 Å². The van der Waals surface area contributed by atoms with E-state index in [1.54, 1.807) is 0 Å². The van der Waals surface area contributed by atoms with Gasteiger partial charge in [-0.2, -0.15) is 0 Å². The highest BCUT2D eigenvalue weighted by atomic mass is 32.2. The molecule has 8 heteroatoms. The van der Waals surface area contributed by atoms with Crippen molar-refractivity contribution >= 4 is 27.0 Å². The molecule has 0 unspecified atom stereocenters. The molecule has 1 heterocycles. The Balaban J connectivity index is 2.18. The molecule has 0 atom stereocenters. The first-order valence-corrected chi connectivity index (χ1v) is 7.70. The molecule has 0 radical (unpaired) electrons. The number of nitrogens with zero attached hydrogens (tertiary/aromatic N) is 1. The van der Waals surface area contributed by atoms with Crippen molar-refractivity contribution in [1.82, 2.24) is 9.71 Å². The average molecular weight is 301 g/mol. The summed E-state index contributed by atoms with van der Waals surface area (Å²) in [5, 5.41) is 2.44. The van der Waals surface area contributed by atoms with Crippen LogP contribution in [-0.4, -0.2) is 13.4 Å². The Morgan fingerprint density at radius 2 is 2.21 bits per heavy atom. The first-order valence-electron chi connectivity index (χ1n) is 5.34. The number of benzene rings is 1. The van der Waals surface area contributed by atoms with Crippen LogP contribution >= 0.6 is 11.3 Å². The molecule has 0 saturated carbocycles. The highest BCUT2D eigenvalue weighted by Crippen LogP contribution is 2.17. The fourth-order valence-corrected chi connectivity index (χ4v) is 3.30. The molecule has 2 rings (SSSR count). The number of nitrogens with one attached hydrogen (secondary N) is 1. The molecule has 0 bridgehead atoms. The van der Waals surface area contributed by atoms with Gasteiger partial charge in [-0.3, -0.25) is 0 Å². The zero-order valence-corrected chi connectivity index (χ0v) is 11.7. The molecule has 3 N–H and O–H groups in total. The number of halogens is 1. The van der Waals surface area contributed by atoms with Crippen molar-refractivity contribution in [3.05, 3.63) is 40.1 Å². The largest absolute Gasteiger partial charge is 0.399 e. The second-order valence-corrected chi connectivity index (χ2v) is 6.58. The van der Waals surface area contributed by atoms with Crippen LogP contribution in [0.4, 0.5) is 10.1 Å². The average Bonchev–Trinajstić information content (AvgIpc) is 2.72. The van der Waals surface area contributed by atoms with E-state index in [2.05, 4.69) is 9.71 Å². The summed E-state index contributed by atoms with van der Waals surface area (Å²) in [5.74, 6) is -0.872. The highest BCUT2D eigenvalue weighted by Gasteiger charge is 2.19. The number of aromatic nitrogens is 1. The fourth-order valence-electron chi connectivity index (χ4n) is 1.45. The zero-order chi connectivity index (χ0) is 14.0. The minimum atomic E-state index is -3.91. The van der Waals surface area contributed by atoms with Crippen LogP contribution in [0.25, 0.3) is 0 Å². The molecule has 1 aromatic heterocycles. The van der Waals surface area contributed by atoms with Gasteiger partial charge < -0.3 is 5.73 Å². The van der Waals surface area contributed by atoms with E-state index in [1.807, 2.05) is 12.3 Å². The lowest BCUT2D eigenvalue weighted by Crippen LogP contribution is -2.24. The molecule has 102 valence electrons. The van der Waals surface area contributed by atoms with Gasteiger partial charge in [0.2, 0.25) is 10.0 Å². The van der Waals surface area contributed by atoms with Crippen LogP contribution < -0.4 is 10.5 Å². The van der Waals surface area contributed by atoms with Crippen molar-refractivity contribution in [2.45, 2.75) is 18.4 Å². The van der Waals surface area contributed by atoms with E-state index in [1.165, 1.54) is 17.4 Å². The summed E-state index contributed by atoms with van der Waals surface area (Å²) in [7, 11) is -3.91. The third kappa shape index (κ3) is 3.28. The Bertz CT molecular complexity index is 698. The summed E-state index contributed by atoms with van der Waals surface area (Å²) >= 11 is 1.34. The van der Waals surface area contributed by atoms with E-state index in [4.69, 9.17) is 5.73 Å². The van der Waals surface area contributed by atoms with Crippen molar-refractivity contribution in [1.29, 1.82) is 0 Å². The SMILES string of the molecule is Cc1csc(CNS(=O)(=O)c2ccc(N)cc2F)n1. The van der Waals surface area contributed by atoms with Gasteiger partial charge in [0, 0.05) is 16.8 Å². The van der Waals surface area contributed by atoms with Crippen molar-refractivity contribution in [3.63, 3.8) is 0 Å². The van der Waals surface area contributed by atoms with Crippen LogP contribution in [0.5, 0.6) is 0 Å². The van der Waals surface area contributed by atoms with Crippen molar-refractivity contribution < 1.29 is 12.8 Å². The fraction of sp³-hybridized carbons (Fsp3) is 0.182. The predicted molar refractivity (Wildman–Crippen MR) is 71.7 cm³/mol. The van der Waals surface area contributed by atoms with E-state index in [9.17, 15) is 12.8 Å². The number of nitrogen functional groups attached to an aromatic ring is 1. The van der Waals surface area contributed by atoms with Gasteiger partial charge in [-0.1, -0.05) is 0 Å². The van der Waals surface area contributed by atoms with Gasteiger partial charge in [-0.15, -0.1) is 11.3 Å². The number of rotatable bonds is 4. The summed E-state index contributed by atoms with van der Waals surface area (Å²) in [5.41, 5.74) is 6.37. The topological polar surface area (TPSA) is 85.1 Å². The molecular weight excluding hydrogens is 289 g/mol. The van der Waals surface area contributed by atoms with Gasteiger partial charge in [0.25, 0.3) is 0 Å². The summed E-state index contributed by atoms with van der Waals surface area (Å²) in [6.07, 6.45) is 0. The molecule has 0 spiro atoms. The maximum Gasteiger partial charge on any atom is 0.243 e. The van der Waals surface area contributed by atoms with Gasteiger partial charge in [0.05, 0.1) is 6.54 Å². The molecule has 0 amide bonds. The number of anilines is 1. The lowest BCUT2D eigenvalue weighted by Gasteiger charge is -2.06. The Morgan fingerprint density at radius 1 is 1.47 bits per heavy atom. The summed E-state index contributed by atoms with van der Waals surface area (Å²) in [4.78, 5) is 3.70. The Morgan fingerprint density at radius 3 is 2.79 bits per heavy atom. The summed E-state index contributed by atoms with van der Waals surface area (Å²) in [6.45, 7) is 1.85. The molecule has 0 aliphatic rings. The monoisotopic (exact) mass is 301 g/mol. The van der Waals surface area contributed by atoms with Gasteiger partial charge in [0.1, 0.15) is 15.7 Å². The molecule has 0 aliphatic heterocycles. The number of aryl methyl sites for hydroxylation is 1. The van der Waals surface area contributed by atoms with Crippen LogP contribution in [0, 0.1) is 12.7 Å². The van der Waals surface area contributed by atoms with Gasteiger partial charge in [-0.05, 0) is 25.1 Å². The van der Waals surface area contributed by atoms with Crippen LogP contribution in [0.3, 0.4) is 0 Å². The minimum absolute atomic E-state index is 0.0324. The number of sulfonamides is 1. The van der Waals surface area contributed by atoms with Gasteiger partial charge in [-0.25, -0.2) is 22.5 Å². The Hall–Kier alpha value is -1.51. The molecule has 19 heavy (non-hydrogen) atoms. The standard InChI is InChI=1S/C11H12FN3O2S2/c1-7-6-18-11(15-7)5-14-19(16,17)10-3-2-8(13)4-9(10)12/h2-4,6,14H,5,13H2,1H3. The maximum atomic E-state index is 13.6. The van der Waals surface area contributed by atoms with E-state index < -0.39 is 20.7 Å². The normalized spacial score (nSPS) is 11.7. The van der Waals surface area contributed by atoms with Crippen molar-refractivity contribution in [2.75, 3.05) is 5.73 Å². The number of nitrogens with two attached hydrogens (primary N) is 1. The highest BCUT2D eigenvalue weighted by molar-refractivity contribution is 7.89. The third-order valence-corrected chi connectivity index (χ3v) is 4.73. The molecule has 2 aromatic rings.